The van der Waals surface area contributed by atoms with Gasteiger partial charge in [-0.05, 0) is 41.5 Å². The molecular formula is C14H14O3. The molecule has 0 saturated carbocycles. The van der Waals surface area contributed by atoms with Gasteiger partial charge in [0.1, 0.15) is 11.9 Å². The summed E-state index contributed by atoms with van der Waals surface area (Å²) in [5, 5.41) is 2.20. The average Bonchev–Trinajstić information content (AvgIpc) is 2.37. The maximum absolute atomic E-state index is 10.3. The topological polar surface area (TPSA) is 35.5 Å². The first-order valence-corrected chi connectivity index (χ1v) is 5.41. The van der Waals surface area contributed by atoms with Gasteiger partial charge in [0.15, 0.2) is 0 Å². The van der Waals surface area contributed by atoms with E-state index in [-0.39, 0.29) is 6.10 Å². The van der Waals surface area contributed by atoms with Gasteiger partial charge in [-0.2, -0.15) is 0 Å². The van der Waals surface area contributed by atoms with Crippen molar-refractivity contribution >= 4 is 17.2 Å². The second kappa shape index (κ2) is 4.87. The fourth-order valence-corrected chi connectivity index (χ4v) is 1.78. The smallest absolute Gasteiger partial charge is 0.293 e. The molecule has 3 heteroatoms. The third kappa shape index (κ3) is 2.38. The zero-order chi connectivity index (χ0) is 12.3. The van der Waals surface area contributed by atoms with E-state index in [1.54, 1.807) is 7.11 Å². The lowest BCUT2D eigenvalue weighted by molar-refractivity contribution is -0.133. The molecule has 0 aromatic heterocycles. The van der Waals surface area contributed by atoms with Crippen molar-refractivity contribution in [1.29, 1.82) is 0 Å². The summed E-state index contributed by atoms with van der Waals surface area (Å²) in [6.07, 6.45) is -0.223. The van der Waals surface area contributed by atoms with Crippen molar-refractivity contribution in [3.8, 4) is 5.75 Å². The first-order chi connectivity index (χ1) is 8.24. The molecule has 2 aromatic rings. The Morgan fingerprint density at radius 2 is 1.82 bits per heavy atom. The van der Waals surface area contributed by atoms with Crippen molar-refractivity contribution in [1.82, 2.24) is 0 Å². The number of hydrogen-bond acceptors (Lipinski definition) is 3. The lowest BCUT2D eigenvalue weighted by atomic mass is 10.0. The normalized spacial score (nSPS) is 12.1. The number of benzene rings is 2. The minimum Gasteiger partial charge on any atom is -0.497 e. The number of carbonyl (C=O) groups is 1. The molecule has 2 aromatic carbocycles. The summed E-state index contributed by atoms with van der Waals surface area (Å²) in [6.45, 7) is 2.32. The second-order valence-corrected chi connectivity index (χ2v) is 3.85. The minimum atomic E-state index is -0.223. The van der Waals surface area contributed by atoms with E-state index in [1.165, 1.54) is 0 Å². The van der Waals surface area contributed by atoms with Gasteiger partial charge in [0, 0.05) is 0 Å². The van der Waals surface area contributed by atoms with Crippen LogP contribution in [0.25, 0.3) is 10.8 Å². The number of methoxy groups -OCH3 is 1. The molecule has 0 spiro atoms. The summed E-state index contributed by atoms with van der Waals surface area (Å²) < 4.78 is 10.1. The molecule has 0 aliphatic rings. The van der Waals surface area contributed by atoms with E-state index in [2.05, 4.69) is 0 Å². The van der Waals surface area contributed by atoms with E-state index in [0.717, 1.165) is 22.1 Å². The summed E-state index contributed by atoms with van der Waals surface area (Å²) in [4.78, 5) is 10.3. The van der Waals surface area contributed by atoms with E-state index >= 15 is 0 Å². The Bertz CT molecular complexity index is 534. The number of rotatable bonds is 4. The molecule has 0 saturated heterocycles. The highest BCUT2D eigenvalue weighted by molar-refractivity contribution is 5.84. The van der Waals surface area contributed by atoms with E-state index in [1.807, 2.05) is 43.3 Å². The fourth-order valence-electron chi connectivity index (χ4n) is 1.78. The SMILES string of the molecule is COc1ccc2cc([C@@H](C)OC=O)ccc2c1. The Hall–Kier alpha value is -2.03. The first kappa shape index (κ1) is 11.5. The van der Waals surface area contributed by atoms with Crippen LogP contribution in [0, 0.1) is 0 Å². The summed E-state index contributed by atoms with van der Waals surface area (Å²) in [7, 11) is 1.65. The number of fused-ring (bicyclic) bond motifs is 1. The Morgan fingerprint density at radius 3 is 2.53 bits per heavy atom. The third-order valence-electron chi connectivity index (χ3n) is 2.80. The number of carbonyl (C=O) groups excluding carboxylic acids is 1. The summed E-state index contributed by atoms with van der Waals surface area (Å²) in [5.74, 6) is 0.836. The molecule has 0 amide bonds. The van der Waals surface area contributed by atoms with Crippen LogP contribution < -0.4 is 4.74 Å². The standard InChI is InChI=1S/C14H14O3/c1-10(17-9-15)11-3-4-13-8-14(16-2)6-5-12(13)7-11/h3-10H,1-2H3/t10-/m1/s1. The van der Waals surface area contributed by atoms with Crippen LogP contribution >= 0.6 is 0 Å². The highest BCUT2D eigenvalue weighted by Crippen LogP contribution is 2.25. The van der Waals surface area contributed by atoms with Crippen LogP contribution in [0.4, 0.5) is 0 Å². The van der Waals surface area contributed by atoms with Gasteiger partial charge in [-0.3, -0.25) is 4.79 Å². The molecular weight excluding hydrogens is 216 g/mol. The molecule has 0 radical (unpaired) electrons. The van der Waals surface area contributed by atoms with Crippen molar-refractivity contribution in [3.63, 3.8) is 0 Å². The summed E-state index contributed by atoms with van der Waals surface area (Å²) in [6, 6.07) is 11.9. The zero-order valence-electron chi connectivity index (χ0n) is 9.84. The van der Waals surface area contributed by atoms with Crippen LogP contribution in [0.15, 0.2) is 36.4 Å². The predicted molar refractivity (Wildman–Crippen MR) is 66.1 cm³/mol. The van der Waals surface area contributed by atoms with E-state index < -0.39 is 0 Å². The van der Waals surface area contributed by atoms with Gasteiger partial charge in [0.05, 0.1) is 7.11 Å². The van der Waals surface area contributed by atoms with Crippen LogP contribution in [-0.2, 0) is 9.53 Å². The monoisotopic (exact) mass is 230 g/mol. The van der Waals surface area contributed by atoms with Crippen molar-refractivity contribution in [3.05, 3.63) is 42.0 Å². The van der Waals surface area contributed by atoms with Gasteiger partial charge in [0.25, 0.3) is 6.47 Å². The molecule has 0 bridgehead atoms. The first-order valence-electron chi connectivity index (χ1n) is 5.41. The Balaban J connectivity index is 2.40. The molecule has 0 heterocycles. The van der Waals surface area contributed by atoms with Crippen molar-refractivity contribution < 1.29 is 14.3 Å². The average molecular weight is 230 g/mol. The lowest BCUT2D eigenvalue weighted by Gasteiger charge is -2.11. The molecule has 88 valence electrons. The molecule has 0 unspecified atom stereocenters. The van der Waals surface area contributed by atoms with Crippen LogP contribution in [0.3, 0.4) is 0 Å². The molecule has 0 aliphatic carbocycles. The van der Waals surface area contributed by atoms with Crippen LogP contribution in [0.5, 0.6) is 5.75 Å². The fraction of sp³-hybridized carbons (Fsp3) is 0.214. The van der Waals surface area contributed by atoms with Gasteiger partial charge < -0.3 is 9.47 Å². The predicted octanol–water partition coefficient (Wildman–Crippen LogP) is 3.08. The zero-order valence-corrected chi connectivity index (χ0v) is 9.84. The van der Waals surface area contributed by atoms with Gasteiger partial charge in [-0.1, -0.05) is 18.2 Å². The van der Waals surface area contributed by atoms with Gasteiger partial charge in [0.2, 0.25) is 0 Å². The number of hydrogen-bond donors (Lipinski definition) is 0. The molecule has 1 atom stereocenters. The Kier molecular flexibility index (Phi) is 3.28. The second-order valence-electron chi connectivity index (χ2n) is 3.85. The highest BCUT2D eigenvalue weighted by Gasteiger charge is 2.06. The molecule has 0 aliphatic heterocycles. The number of ether oxygens (including phenoxy) is 2. The van der Waals surface area contributed by atoms with Crippen LogP contribution in [0.1, 0.15) is 18.6 Å². The van der Waals surface area contributed by atoms with Crippen molar-refractivity contribution in [2.45, 2.75) is 13.0 Å². The van der Waals surface area contributed by atoms with Gasteiger partial charge in [-0.25, -0.2) is 0 Å². The van der Waals surface area contributed by atoms with Crippen molar-refractivity contribution in [2.24, 2.45) is 0 Å². The van der Waals surface area contributed by atoms with Crippen LogP contribution in [-0.4, -0.2) is 13.6 Å². The van der Waals surface area contributed by atoms with Crippen molar-refractivity contribution in [2.75, 3.05) is 7.11 Å². The van der Waals surface area contributed by atoms with Gasteiger partial charge in [-0.15, -0.1) is 0 Å². The molecule has 0 fully saturated rings. The maximum atomic E-state index is 10.3. The lowest BCUT2D eigenvalue weighted by Crippen LogP contribution is -1.97. The van der Waals surface area contributed by atoms with E-state index in [0.29, 0.717) is 6.47 Å². The highest BCUT2D eigenvalue weighted by atomic mass is 16.5. The van der Waals surface area contributed by atoms with E-state index in [9.17, 15) is 4.79 Å². The van der Waals surface area contributed by atoms with Crippen LogP contribution in [0.2, 0.25) is 0 Å². The summed E-state index contributed by atoms with van der Waals surface area (Å²) in [5.41, 5.74) is 0.981. The third-order valence-corrected chi connectivity index (χ3v) is 2.80. The molecule has 3 nitrogen and oxygen atoms in total. The summed E-state index contributed by atoms with van der Waals surface area (Å²) >= 11 is 0. The Morgan fingerprint density at radius 1 is 1.12 bits per heavy atom. The van der Waals surface area contributed by atoms with E-state index in [4.69, 9.17) is 9.47 Å². The molecule has 17 heavy (non-hydrogen) atoms. The van der Waals surface area contributed by atoms with Gasteiger partial charge >= 0.3 is 0 Å². The molecule has 0 N–H and O–H groups in total. The quantitative estimate of drug-likeness (QED) is 0.757. The minimum absolute atomic E-state index is 0.223. The Labute approximate surface area is 100.0 Å². The maximum Gasteiger partial charge on any atom is 0.293 e. The molecule has 2 rings (SSSR count). The largest absolute Gasteiger partial charge is 0.497 e.